The van der Waals surface area contributed by atoms with Gasteiger partial charge in [0.1, 0.15) is 5.58 Å². The summed E-state index contributed by atoms with van der Waals surface area (Å²) in [5, 5.41) is 6.25. The zero-order valence-corrected chi connectivity index (χ0v) is 28.7. The Balaban J connectivity index is 1.33. The lowest BCUT2D eigenvalue weighted by Crippen LogP contribution is -2.37. The second-order valence-corrected chi connectivity index (χ2v) is 19.9. The molecular formula is C46H33NOSi. The van der Waals surface area contributed by atoms with Crippen LogP contribution >= 0.6 is 0 Å². The molecule has 2 nitrogen and oxygen atoms in total. The van der Waals surface area contributed by atoms with Gasteiger partial charge in [-0.3, -0.25) is 0 Å². The van der Waals surface area contributed by atoms with Crippen LogP contribution in [-0.4, -0.2) is 12.6 Å². The summed E-state index contributed by atoms with van der Waals surface area (Å²) in [6.45, 7) is 7.20. The number of benzene rings is 7. The van der Waals surface area contributed by atoms with E-state index in [1.165, 1.54) is 82.3 Å². The quantitative estimate of drug-likeness (QED) is 0.171. The average Bonchev–Trinajstić information content (AvgIpc) is 3.85. The van der Waals surface area contributed by atoms with E-state index in [0.29, 0.717) is 0 Å². The molecule has 0 unspecified atom stereocenters. The molecule has 2 aliphatic carbocycles. The molecule has 7 aromatic carbocycles. The van der Waals surface area contributed by atoms with E-state index in [9.17, 15) is 0 Å². The Hall–Kier alpha value is -5.64. The maximum absolute atomic E-state index is 7.05. The van der Waals surface area contributed by atoms with E-state index in [0.717, 1.165) is 16.9 Å². The first-order valence-electron chi connectivity index (χ1n) is 17.3. The summed E-state index contributed by atoms with van der Waals surface area (Å²) < 4.78 is 9.56. The SMILES string of the molecule is C[Si](C)(C)c1cccc2c1oc1c(-n3c4ccccc4c4ccc5c(c43)-c3ccccc3C53c4ccccc4-c4ccccc43)cccc12. The molecule has 2 aromatic heterocycles. The molecule has 232 valence electrons. The van der Waals surface area contributed by atoms with Gasteiger partial charge >= 0.3 is 0 Å². The van der Waals surface area contributed by atoms with Crippen LogP contribution in [0.1, 0.15) is 22.3 Å². The maximum Gasteiger partial charge on any atom is 0.159 e. The molecular weight excluding hydrogens is 611 g/mol. The molecule has 0 radical (unpaired) electrons. The van der Waals surface area contributed by atoms with Gasteiger partial charge in [0.05, 0.1) is 30.2 Å². The van der Waals surface area contributed by atoms with Crippen molar-refractivity contribution in [3.8, 4) is 27.9 Å². The summed E-state index contributed by atoms with van der Waals surface area (Å²) in [5.74, 6) is 0. The van der Waals surface area contributed by atoms with Gasteiger partial charge in [0.15, 0.2) is 5.58 Å². The van der Waals surface area contributed by atoms with Gasteiger partial charge in [-0.2, -0.15) is 0 Å². The fourth-order valence-electron chi connectivity index (χ4n) is 9.45. The van der Waals surface area contributed by atoms with E-state index < -0.39 is 13.5 Å². The van der Waals surface area contributed by atoms with E-state index >= 15 is 0 Å². The minimum Gasteiger partial charge on any atom is -0.454 e. The smallest absolute Gasteiger partial charge is 0.159 e. The summed E-state index contributed by atoms with van der Waals surface area (Å²) in [5.41, 5.74) is 15.8. The molecule has 0 aliphatic heterocycles. The molecule has 0 bridgehead atoms. The number of hydrogen-bond donors (Lipinski definition) is 0. The summed E-state index contributed by atoms with van der Waals surface area (Å²) in [4.78, 5) is 0. The summed E-state index contributed by atoms with van der Waals surface area (Å²) in [6, 6.07) is 54.3. The van der Waals surface area contributed by atoms with Crippen LogP contribution in [0.25, 0.3) is 71.7 Å². The summed E-state index contributed by atoms with van der Waals surface area (Å²) >= 11 is 0. The molecule has 0 amide bonds. The standard InChI is InChI=1S/C46H33NOSi/c1-49(2,3)41-25-13-19-33-32-18-12-24-40(44(32)48-45(33)41)47-39-23-11-7-16-30(39)31-26-27-38-42(43(31)47)34-17-6-10-22-37(34)46(38)35-20-8-4-14-28(35)29-15-5-9-21-36(29)46/h4-27H,1-3H3. The van der Waals surface area contributed by atoms with Gasteiger partial charge in [0, 0.05) is 27.1 Å². The highest BCUT2D eigenvalue weighted by Gasteiger charge is 2.52. The zero-order valence-electron chi connectivity index (χ0n) is 27.7. The Morgan fingerprint density at radius 3 is 1.76 bits per heavy atom. The van der Waals surface area contributed by atoms with E-state index in [4.69, 9.17) is 4.42 Å². The number of rotatable bonds is 2. The van der Waals surface area contributed by atoms with Crippen molar-refractivity contribution < 1.29 is 4.42 Å². The van der Waals surface area contributed by atoms with Crippen molar-refractivity contribution in [1.29, 1.82) is 0 Å². The molecule has 0 fully saturated rings. The Kier molecular flexibility index (Phi) is 5.17. The van der Waals surface area contributed by atoms with Crippen LogP contribution in [0.4, 0.5) is 0 Å². The lowest BCUT2D eigenvalue weighted by molar-refractivity contribution is 0.668. The van der Waals surface area contributed by atoms with Gasteiger partial charge in [0.2, 0.25) is 0 Å². The van der Waals surface area contributed by atoms with Crippen molar-refractivity contribution >= 4 is 57.0 Å². The number of furan rings is 1. The number of fused-ring (bicyclic) bond motifs is 17. The maximum atomic E-state index is 7.05. The van der Waals surface area contributed by atoms with Crippen molar-refractivity contribution in [2.24, 2.45) is 0 Å². The highest BCUT2D eigenvalue weighted by molar-refractivity contribution is 6.90. The minimum atomic E-state index is -1.66. The molecule has 9 aromatic rings. The fourth-order valence-corrected chi connectivity index (χ4v) is 10.9. The van der Waals surface area contributed by atoms with E-state index in [2.05, 4.69) is 170 Å². The molecule has 0 atom stereocenters. The van der Waals surface area contributed by atoms with Crippen LogP contribution in [0.2, 0.25) is 19.6 Å². The van der Waals surface area contributed by atoms with Crippen molar-refractivity contribution in [3.05, 3.63) is 168 Å². The predicted octanol–water partition coefficient (Wildman–Crippen LogP) is 11.6. The van der Waals surface area contributed by atoms with Gasteiger partial charge < -0.3 is 8.98 Å². The zero-order chi connectivity index (χ0) is 32.6. The lowest BCUT2D eigenvalue weighted by Gasteiger charge is -2.30. The molecule has 3 heteroatoms. The van der Waals surface area contributed by atoms with Crippen LogP contribution in [-0.2, 0) is 5.41 Å². The third kappa shape index (κ3) is 3.27. The molecule has 0 N–H and O–H groups in total. The molecule has 11 rings (SSSR count). The normalized spacial score (nSPS) is 14.2. The molecule has 0 saturated heterocycles. The number of para-hydroxylation sites is 3. The Morgan fingerprint density at radius 1 is 0.469 bits per heavy atom. The lowest BCUT2D eigenvalue weighted by atomic mass is 9.70. The van der Waals surface area contributed by atoms with Gasteiger partial charge in [0.25, 0.3) is 0 Å². The van der Waals surface area contributed by atoms with Gasteiger partial charge in [-0.05, 0) is 56.3 Å². The van der Waals surface area contributed by atoms with Crippen LogP contribution in [0.5, 0.6) is 0 Å². The van der Waals surface area contributed by atoms with Gasteiger partial charge in [-0.25, -0.2) is 0 Å². The second-order valence-electron chi connectivity index (χ2n) is 14.8. The monoisotopic (exact) mass is 643 g/mol. The summed E-state index contributed by atoms with van der Waals surface area (Å²) in [7, 11) is -1.66. The first kappa shape index (κ1) is 27.3. The average molecular weight is 644 g/mol. The van der Waals surface area contributed by atoms with Crippen molar-refractivity contribution in [2.75, 3.05) is 0 Å². The first-order valence-corrected chi connectivity index (χ1v) is 20.8. The van der Waals surface area contributed by atoms with Crippen molar-refractivity contribution in [1.82, 2.24) is 4.57 Å². The summed E-state index contributed by atoms with van der Waals surface area (Å²) in [6.07, 6.45) is 0. The third-order valence-corrected chi connectivity index (χ3v) is 13.4. The Morgan fingerprint density at radius 2 is 1.04 bits per heavy atom. The highest BCUT2D eigenvalue weighted by Crippen LogP contribution is 2.64. The Bertz CT molecular complexity index is 2830. The molecule has 2 aliphatic rings. The molecule has 1 spiro atoms. The topological polar surface area (TPSA) is 18.1 Å². The van der Waals surface area contributed by atoms with Crippen LogP contribution in [0, 0.1) is 0 Å². The van der Waals surface area contributed by atoms with E-state index in [1.54, 1.807) is 0 Å². The predicted molar refractivity (Wildman–Crippen MR) is 207 cm³/mol. The fraction of sp³-hybridized carbons (Fsp3) is 0.0870. The van der Waals surface area contributed by atoms with Crippen LogP contribution in [0.3, 0.4) is 0 Å². The van der Waals surface area contributed by atoms with Crippen LogP contribution < -0.4 is 5.19 Å². The van der Waals surface area contributed by atoms with Crippen LogP contribution in [0.15, 0.2) is 150 Å². The number of aromatic nitrogens is 1. The second kappa shape index (κ2) is 9.28. The molecule has 2 heterocycles. The number of nitrogens with zero attached hydrogens (tertiary/aromatic N) is 1. The van der Waals surface area contributed by atoms with Gasteiger partial charge in [-0.1, -0.05) is 153 Å². The van der Waals surface area contributed by atoms with E-state index in [-0.39, 0.29) is 0 Å². The van der Waals surface area contributed by atoms with Crippen molar-refractivity contribution in [3.63, 3.8) is 0 Å². The third-order valence-electron chi connectivity index (χ3n) is 11.3. The Labute approximate surface area is 285 Å². The highest BCUT2D eigenvalue weighted by atomic mass is 28.3. The van der Waals surface area contributed by atoms with Gasteiger partial charge in [-0.15, -0.1) is 0 Å². The first-order chi connectivity index (χ1) is 24.0. The van der Waals surface area contributed by atoms with Crippen molar-refractivity contribution in [2.45, 2.75) is 25.1 Å². The largest absolute Gasteiger partial charge is 0.454 e. The van der Waals surface area contributed by atoms with E-state index in [1.807, 2.05) is 0 Å². The molecule has 0 saturated carbocycles. The minimum absolute atomic E-state index is 0.397. The number of hydrogen-bond acceptors (Lipinski definition) is 1. The molecule has 49 heavy (non-hydrogen) atoms.